The molecule has 0 radical (unpaired) electrons. The van der Waals surface area contributed by atoms with Crippen LogP contribution in [0.4, 0.5) is 0 Å². The van der Waals surface area contributed by atoms with Gasteiger partial charge in [0.15, 0.2) is 0 Å². The van der Waals surface area contributed by atoms with Crippen molar-refractivity contribution in [1.29, 1.82) is 0 Å². The van der Waals surface area contributed by atoms with Gasteiger partial charge in [-0.3, -0.25) is 0 Å². The lowest BCUT2D eigenvalue weighted by molar-refractivity contribution is 0.337. The van der Waals surface area contributed by atoms with E-state index in [9.17, 15) is 0 Å². The lowest BCUT2D eigenvalue weighted by atomic mass is 10.2. The number of hydrogen-bond acceptors (Lipinski definition) is 2. The maximum absolute atomic E-state index is 5.90. The van der Waals surface area contributed by atoms with Gasteiger partial charge in [0.05, 0.1) is 11.0 Å². The van der Waals surface area contributed by atoms with Crippen molar-refractivity contribution in [2.45, 2.75) is 19.4 Å². The molecule has 104 valence electrons. The van der Waals surface area contributed by atoms with E-state index in [-0.39, 0.29) is 0 Å². The van der Waals surface area contributed by atoms with Crippen molar-refractivity contribution in [3.05, 3.63) is 28.5 Å². The Bertz CT molecular complexity index is 565. The Hall–Kier alpha value is -0.580. The molecule has 0 amide bonds. The molecule has 2 rings (SSSR count). The van der Waals surface area contributed by atoms with Crippen LogP contribution in [-0.2, 0) is 6.42 Å². The van der Waals surface area contributed by atoms with Crippen LogP contribution in [-0.4, -0.2) is 41.0 Å². The second kappa shape index (κ2) is 6.25. The molecule has 1 unspecified atom stereocenters. The highest BCUT2D eigenvalue weighted by Gasteiger charge is 2.16. The van der Waals surface area contributed by atoms with Gasteiger partial charge < -0.3 is 9.47 Å². The first-order valence-electron chi connectivity index (χ1n) is 6.40. The molecule has 0 bridgehead atoms. The maximum atomic E-state index is 5.90. The largest absolute Gasteiger partial charge is 0.324 e. The fraction of sp³-hybridized carbons (Fsp3) is 0.500. The number of imidazole rings is 1. The lowest BCUT2D eigenvalue weighted by Gasteiger charge is -2.21. The van der Waals surface area contributed by atoms with Crippen molar-refractivity contribution in [1.82, 2.24) is 14.5 Å². The van der Waals surface area contributed by atoms with E-state index >= 15 is 0 Å². The Morgan fingerprint density at radius 1 is 1.42 bits per heavy atom. The fourth-order valence-electron chi connectivity index (χ4n) is 2.48. The summed E-state index contributed by atoms with van der Waals surface area (Å²) in [4.78, 5) is 6.90. The Kier molecular flexibility index (Phi) is 4.87. The van der Waals surface area contributed by atoms with Crippen molar-refractivity contribution in [3.8, 4) is 0 Å². The number of alkyl halides is 1. The second-order valence-electron chi connectivity index (χ2n) is 5.08. The molecule has 0 aliphatic heterocycles. The SMILES string of the molecule is CC(CN(C)C)n1c(CCCl)nc2ccc(Br)cc21. The molecule has 19 heavy (non-hydrogen) atoms. The molecule has 2 aromatic rings. The third-order valence-electron chi connectivity index (χ3n) is 3.11. The zero-order valence-electron chi connectivity index (χ0n) is 11.5. The van der Waals surface area contributed by atoms with Gasteiger partial charge in [-0.25, -0.2) is 4.98 Å². The van der Waals surface area contributed by atoms with Crippen LogP contribution in [0.5, 0.6) is 0 Å². The number of nitrogens with zero attached hydrogens (tertiary/aromatic N) is 3. The van der Waals surface area contributed by atoms with E-state index in [0.29, 0.717) is 11.9 Å². The summed E-state index contributed by atoms with van der Waals surface area (Å²) >= 11 is 9.44. The molecule has 3 nitrogen and oxygen atoms in total. The van der Waals surface area contributed by atoms with Crippen LogP contribution in [0.2, 0.25) is 0 Å². The van der Waals surface area contributed by atoms with E-state index in [2.05, 4.69) is 58.5 Å². The molecule has 5 heteroatoms. The Morgan fingerprint density at radius 3 is 2.79 bits per heavy atom. The number of aromatic nitrogens is 2. The van der Waals surface area contributed by atoms with Gasteiger partial charge >= 0.3 is 0 Å². The van der Waals surface area contributed by atoms with Crippen molar-refractivity contribution in [3.63, 3.8) is 0 Å². The van der Waals surface area contributed by atoms with E-state index < -0.39 is 0 Å². The van der Waals surface area contributed by atoms with Crippen molar-refractivity contribution in [2.24, 2.45) is 0 Å². The molecule has 0 aliphatic carbocycles. The summed E-state index contributed by atoms with van der Waals surface area (Å²) in [5.41, 5.74) is 2.21. The molecule has 1 aromatic carbocycles. The predicted octanol–water partition coefficient (Wildman–Crippen LogP) is 3.70. The number of likely N-dealkylation sites (N-methyl/N-ethyl adjacent to an activating group) is 1. The quantitative estimate of drug-likeness (QED) is 0.771. The van der Waals surface area contributed by atoms with Crippen LogP contribution in [0.15, 0.2) is 22.7 Å². The topological polar surface area (TPSA) is 21.1 Å². The average molecular weight is 345 g/mol. The van der Waals surface area contributed by atoms with E-state index in [1.54, 1.807) is 0 Å². The molecule has 0 N–H and O–H groups in total. The Morgan fingerprint density at radius 2 is 2.16 bits per heavy atom. The van der Waals surface area contributed by atoms with Crippen LogP contribution >= 0.6 is 27.5 Å². The minimum Gasteiger partial charge on any atom is -0.324 e. The first-order valence-corrected chi connectivity index (χ1v) is 7.72. The van der Waals surface area contributed by atoms with Gasteiger partial charge in [0.2, 0.25) is 0 Å². The number of halogens is 2. The van der Waals surface area contributed by atoms with Crippen LogP contribution in [0, 0.1) is 0 Å². The summed E-state index contributed by atoms with van der Waals surface area (Å²) in [5, 5.41) is 0. The first kappa shape index (κ1) is 14.8. The maximum Gasteiger partial charge on any atom is 0.111 e. The number of rotatable bonds is 5. The summed E-state index contributed by atoms with van der Waals surface area (Å²) in [6.07, 6.45) is 0.797. The highest BCUT2D eigenvalue weighted by Crippen LogP contribution is 2.25. The Balaban J connectivity index is 2.52. The Labute approximate surface area is 127 Å². The number of fused-ring (bicyclic) bond motifs is 1. The normalized spacial score (nSPS) is 13.4. The minimum atomic E-state index is 0.368. The smallest absolute Gasteiger partial charge is 0.111 e. The van der Waals surface area contributed by atoms with Gasteiger partial charge in [-0.15, -0.1) is 11.6 Å². The highest BCUT2D eigenvalue weighted by molar-refractivity contribution is 9.10. The van der Waals surface area contributed by atoms with E-state index in [1.807, 2.05) is 6.07 Å². The van der Waals surface area contributed by atoms with Gasteiger partial charge in [-0.2, -0.15) is 0 Å². The zero-order valence-corrected chi connectivity index (χ0v) is 13.9. The fourth-order valence-corrected chi connectivity index (χ4v) is 3.00. The summed E-state index contributed by atoms with van der Waals surface area (Å²) in [5.74, 6) is 1.66. The number of benzene rings is 1. The molecular weight excluding hydrogens is 326 g/mol. The van der Waals surface area contributed by atoms with Gasteiger partial charge in [0, 0.05) is 29.4 Å². The summed E-state index contributed by atoms with van der Waals surface area (Å²) in [6, 6.07) is 6.58. The summed E-state index contributed by atoms with van der Waals surface area (Å²) in [6.45, 7) is 3.20. The average Bonchev–Trinajstić information content (AvgIpc) is 2.65. The highest BCUT2D eigenvalue weighted by atomic mass is 79.9. The third kappa shape index (κ3) is 3.30. The minimum absolute atomic E-state index is 0.368. The van der Waals surface area contributed by atoms with Gasteiger partial charge in [0.1, 0.15) is 5.82 Å². The van der Waals surface area contributed by atoms with Crippen molar-refractivity contribution >= 4 is 38.6 Å². The van der Waals surface area contributed by atoms with E-state index in [4.69, 9.17) is 16.6 Å². The number of aryl methyl sites for hydroxylation is 1. The molecular formula is C14H19BrClN3. The zero-order chi connectivity index (χ0) is 14.0. The third-order valence-corrected chi connectivity index (χ3v) is 3.80. The molecule has 0 fully saturated rings. The van der Waals surface area contributed by atoms with E-state index in [0.717, 1.165) is 28.8 Å². The first-order chi connectivity index (χ1) is 9.02. The summed E-state index contributed by atoms with van der Waals surface area (Å²) < 4.78 is 3.39. The van der Waals surface area contributed by atoms with E-state index in [1.165, 1.54) is 5.52 Å². The molecule has 0 aliphatic rings. The van der Waals surface area contributed by atoms with Crippen LogP contribution in [0.1, 0.15) is 18.8 Å². The van der Waals surface area contributed by atoms with Gasteiger partial charge in [0.25, 0.3) is 0 Å². The molecule has 0 spiro atoms. The molecule has 0 saturated carbocycles. The second-order valence-corrected chi connectivity index (χ2v) is 6.37. The van der Waals surface area contributed by atoms with Crippen molar-refractivity contribution < 1.29 is 0 Å². The molecule has 0 saturated heterocycles. The van der Waals surface area contributed by atoms with Gasteiger partial charge in [-0.05, 0) is 39.2 Å². The predicted molar refractivity (Wildman–Crippen MR) is 85.1 cm³/mol. The van der Waals surface area contributed by atoms with Crippen LogP contribution in [0.25, 0.3) is 11.0 Å². The van der Waals surface area contributed by atoms with Crippen molar-refractivity contribution in [2.75, 3.05) is 26.5 Å². The number of hydrogen-bond donors (Lipinski definition) is 0. The molecule has 1 aromatic heterocycles. The monoisotopic (exact) mass is 343 g/mol. The van der Waals surface area contributed by atoms with Gasteiger partial charge in [-0.1, -0.05) is 15.9 Å². The standard InChI is InChI=1S/C14H19BrClN3/c1-10(9-18(2)3)19-13-8-11(15)4-5-12(13)17-14(19)6-7-16/h4-5,8,10H,6-7,9H2,1-3H3. The lowest BCUT2D eigenvalue weighted by Crippen LogP contribution is -2.23. The molecule has 1 heterocycles. The van der Waals surface area contributed by atoms with Crippen LogP contribution in [0.3, 0.4) is 0 Å². The molecule has 1 atom stereocenters. The van der Waals surface area contributed by atoms with Crippen LogP contribution < -0.4 is 0 Å². The summed E-state index contributed by atoms with van der Waals surface area (Å²) in [7, 11) is 4.18.